The molecular formula is C10H14Br2O4. The molecule has 0 heterocycles. The fourth-order valence-electron chi connectivity index (χ4n) is 0.687. The van der Waals surface area contributed by atoms with E-state index in [9.17, 15) is 9.59 Å². The van der Waals surface area contributed by atoms with E-state index in [4.69, 9.17) is 9.47 Å². The second-order valence-electron chi connectivity index (χ2n) is 2.75. The molecule has 0 aromatic carbocycles. The number of esters is 2. The van der Waals surface area contributed by atoms with E-state index in [-0.39, 0.29) is 0 Å². The predicted molar refractivity (Wildman–Crippen MR) is 67.9 cm³/mol. The van der Waals surface area contributed by atoms with Crippen LogP contribution in [0.4, 0.5) is 0 Å². The third kappa shape index (κ3) is 10.2. The molecule has 6 heteroatoms. The molecule has 16 heavy (non-hydrogen) atoms. The summed E-state index contributed by atoms with van der Waals surface area (Å²) in [5, 5.41) is 1.55. The molecule has 0 rings (SSSR count). The van der Waals surface area contributed by atoms with Crippen molar-refractivity contribution >= 4 is 43.8 Å². The highest BCUT2D eigenvalue weighted by molar-refractivity contribution is 9.09. The van der Waals surface area contributed by atoms with Crippen LogP contribution >= 0.6 is 31.9 Å². The molecule has 0 saturated heterocycles. The normalized spacial score (nSPS) is 10.4. The van der Waals surface area contributed by atoms with Gasteiger partial charge in [-0.25, -0.2) is 9.59 Å². The number of hydrogen-bond donors (Lipinski definition) is 0. The molecule has 92 valence electrons. The summed E-state index contributed by atoms with van der Waals surface area (Å²) in [4.78, 5) is 22.0. The Morgan fingerprint density at radius 2 is 1.25 bits per heavy atom. The quantitative estimate of drug-likeness (QED) is 0.289. The van der Waals surface area contributed by atoms with E-state index in [2.05, 4.69) is 31.9 Å². The third-order valence-corrected chi connectivity index (χ3v) is 2.52. The van der Waals surface area contributed by atoms with Gasteiger partial charge in [-0.15, -0.1) is 0 Å². The fraction of sp³-hybridized carbons (Fsp3) is 0.600. The number of rotatable bonds is 8. The van der Waals surface area contributed by atoms with Crippen molar-refractivity contribution in [2.75, 3.05) is 23.9 Å². The predicted octanol–water partition coefficient (Wildman–Crippen LogP) is 2.20. The third-order valence-electron chi connectivity index (χ3n) is 1.40. The molecule has 0 fully saturated rings. The molecule has 4 nitrogen and oxygen atoms in total. The number of alkyl halides is 2. The Morgan fingerprint density at radius 3 is 1.56 bits per heavy atom. The summed E-state index contributed by atoms with van der Waals surface area (Å²) < 4.78 is 9.57. The maximum absolute atomic E-state index is 11.0. The van der Waals surface area contributed by atoms with Gasteiger partial charge < -0.3 is 9.47 Å². The second-order valence-corrected chi connectivity index (χ2v) is 4.34. The first kappa shape index (κ1) is 15.6. The lowest BCUT2D eigenvalue weighted by molar-refractivity contribution is -0.140. The Labute approximate surface area is 112 Å². The van der Waals surface area contributed by atoms with Gasteiger partial charge in [-0.1, -0.05) is 31.9 Å². The van der Waals surface area contributed by atoms with Crippen LogP contribution in [0.3, 0.4) is 0 Å². The highest BCUT2D eigenvalue weighted by Gasteiger charge is 2.00. The van der Waals surface area contributed by atoms with Gasteiger partial charge in [0.1, 0.15) is 0 Å². The molecule has 0 N–H and O–H groups in total. The standard InChI is InChI=1S/C10H14Br2O4/c11-5-1-7-15-9(13)3-4-10(14)16-8-2-6-12/h3-4H,1-2,5-8H2/b4-3-. The Balaban J connectivity index is 3.63. The van der Waals surface area contributed by atoms with Crippen LogP contribution < -0.4 is 0 Å². The minimum atomic E-state index is -0.529. The molecule has 0 aromatic rings. The van der Waals surface area contributed by atoms with E-state index >= 15 is 0 Å². The fourth-order valence-corrected chi connectivity index (χ4v) is 1.14. The highest BCUT2D eigenvalue weighted by Crippen LogP contribution is 1.92. The number of carbonyl (C=O) groups is 2. The van der Waals surface area contributed by atoms with E-state index in [1.165, 1.54) is 0 Å². The van der Waals surface area contributed by atoms with Crippen LogP contribution in [0.25, 0.3) is 0 Å². The lowest BCUT2D eigenvalue weighted by atomic mass is 10.5. The average Bonchev–Trinajstić information content (AvgIpc) is 2.27. The van der Waals surface area contributed by atoms with Gasteiger partial charge in [-0.05, 0) is 12.8 Å². The maximum Gasteiger partial charge on any atom is 0.331 e. The van der Waals surface area contributed by atoms with E-state index < -0.39 is 11.9 Å². The van der Waals surface area contributed by atoms with Gasteiger partial charge >= 0.3 is 11.9 Å². The summed E-state index contributed by atoms with van der Waals surface area (Å²) in [6, 6.07) is 0. The van der Waals surface area contributed by atoms with Gasteiger partial charge in [0.25, 0.3) is 0 Å². The van der Waals surface area contributed by atoms with Crippen LogP contribution in [-0.4, -0.2) is 35.8 Å². The van der Waals surface area contributed by atoms with Crippen molar-refractivity contribution in [2.24, 2.45) is 0 Å². The van der Waals surface area contributed by atoms with Crippen LogP contribution in [0.5, 0.6) is 0 Å². The van der Waals surface area contributed by atoms with Crippen molar-refractivity contribution in [3.05, 3.63) is 12.2 Å². The Hall–Kier alpha value is -0.360. The van der Waals surface area contributed by atoms with Crippen LogP contribution in [-0.2, 0) is 19.1 Å². The second kappa shape index (κ2) is 11.1. The zero-order valence-electron chi connectivity index (χ0n) is 8.79. The maximum atomic E-state index is 11.0. The summed E-state index contributed by atoms with van der Waals surface area (Å²) in [5.41, 5.74) is 0. The highest BCUT2D eigenvalue weighted by atomic mass is 79.9. The summed E-state index contributed by atoms with van der Waals surface area (Å²) in [5.74, 6) is -1.06. The topological polar surface area (TPSA) is 52.6 Å². The molecule has 0 aliphatic heterocycles. The average molecular weight is 358 g/mol. The van der Waals surface area contributed by atoms with E-state index in [1.54, 1.807) is 0 Å². The van der Waals surface area contributed by atoms with Crippen molar-refractivity contribution in [3.63, 3.8) is 0 Å². The minimum Gasteiger partial charge on any atom is -0.462 e. The van der Waals surface area contributed by atoms with Gasteiger partial charge in [0.2, 0.25) is 0 Å². The number of carbonyl (C=O) groups excluding carboxylic acids is 2. The van der Waals surface area contributed by atoms with Gasteiger partial charge in [0, 0.05) is 22.8 Å². The molecular weight excluding hydrogens is 344 g/mol. The molecule has 0 bridgehead atoms. The van der Waals surface area contributed by atoms with Crippen LogP contribution in [0, 0.1) is 0 Å². The van der Waals surface area contributed by atoms with Crippen molar-refractivity contribution in [1.82, 2.24) is 0 Å². The molecule has 0 aromatic heterocycles. The molecule has 0 saturated carbocycles. The largest absolute Gasteiger partial charge is 0.462 e. The first-order chi connectivity index (χ1) is 7.70. The van der Waals surface area contributed by atoms with Crippen molar-refractivity contribution in [1.29, 1.82) is 0 Å². The summed E-state index contributed by atoms with van der Waals surface area (Å²) in [6.45, 7) is 0.681. The summed E-state index contributed by atoms with van der Waals surface area (Å²) >= 11 is 6.42. The SMILES string of the molecule is O=C(/C=C\C(=O)OCCCBr)OCCCBr. The molecule has 0 atom stereocenters. The molecule has 0 amide bonds. The zero-order valence-corrected chi connectivity index (χ0v) is 12.0. The number of hydrogen-bond acceptors (Lipinski definition) is 4. The van der Waals surface area contributed by atoms with Crippen molar-refractivity contribution in [2.45, 2.75) is 12.8 Å². The van der Waals surface area contributed by atoms with E-state index in [1.807, 2.05) is 0 Å². The number of ether oxygens (including phenoxy) is 2. The lowest BCUT2D eigenvalue weighted by Crippen LogP contribution is -2.06. The van der Waals surface area contributed by atoms with Crippen molar-refractivity contribution in [3.8, 4) is 0 Å². The van der Waals surface area contributed by atoms with Gasteiger partial charge in [0.05, 0.1) is 13.2 Å². The molecule has 0 unspecified atom stereocenters. The molecule has 0 aliphatic carbocycles. The van der Waals surface area contributed by atoms with Crippen LogP contribution in [0.15, 0.2) is 12.2 Å². The first-order valence-corrected chi connectivity index (χ1v) is 7.08. The molecule has 0 radical (unpaired) electrons. The van der Waals surface area contributed by atoms with E-state index in [0.717, 1.165) is 35.7 Å². The van der Waals surface area contributed by atoms with Crippen molar-refractivity contribution < 1.29 is 19.1 Å². The van der Waals surface area contributed by atoms with Gasteiger partial charge in [-0.2, -0.15) is 0 Å². The lowest BCUT2D eigenvalue weighted by Gasteiger charge is -2.00. The summed E-state index contributed by atoms with van der Waals surface area (Å²) in [7, 11) is 0. The minimum absolute atomic E-state index is 0.340. The Morgan fingerprint density at radius 1 is 0.875 bits per heavy atom. The Kier molecular flexibility index (Phi) is 10.9. The van der Waals surface area contributed by atoms with Gasteiger partial charge in [-0.3, -0.25) is 0 Å². The molecule has 0 aliphatic rings. The number of halogens is 2. The summed E-state index contributed by atoms with van der Waals surface area (Å²) in [6.07, 6.45) is 3.64. The zero-order chi connectivity index (χ0) is 12.2. The smallest absolute Gasteiger partial charge is 0.331 e. The molecule has 0 spiro atoms. The first-order valence-electron chi connectivity index (χ1n) is 4.84. The Bertz CT molecular complexity index is 217. The van der Waals surface area contributed by atoms with Crippen LogP contribution in [0.2, 0.25) is 0 Å². The van der Waals surface area contributed by atoms with E-state index in [0.29, 0.717) is 13.2 Å². The van der Waals surface area contributed by atoms with Gasteiger partial charge in [0.15, 0.2) is 0 Å². The monoisotopic (exact) mass is 356 g/mol. The van der Waals surface area contributed by atoms with Crippen LogP contribution in [0.1, 0.15) is 12.8 Å².